The fourth-order valence-electron chi connectivity index (χ4n) is 4.00. The smallest absolute Gasteiger partial charge is 0.230 e. The topological polar surface area (TPSA) is 69.9 Å². The van der Waals surface area contributed by atoms with E-state index < -0.39 is 0 Å². The summed E-state index contributed by atoms with van der Waals surface area (Å²) in [4.78, 5) is 19.2. The van der Waals surface area contributed by atoms with E-state index in [0.29, 0.717) is 6.54 Å². The molecule has 0 atom stereocenters. The summed E-state index contributed by atoms with van der Waals surface area (Å²) >= 11 is 0. The minimum Gasteiger partial charge on any atom is -0.461 e. The quantitative estimate of drug-likeness (QED) is 0.337. The number of fused-ring (bicyclic) bond motifs is 1. The van der Waals surface area contributed by atoms with Gasteiger partial charge in [-0.25, -0.2) is 0 Å². The van der Waals surface area contributed by atoms with E-state index in [0.717, 1.165) is 67.9 Å². The van der Waals surface area contributed by atoms with Gasteiger partial charge in [-0.15, -0.1) is 24.0 Å². The fourth-order valence-corrected chi connectivity index (χ4v) is 4.00. The van der Waals surface area contributed by atoms with Gasteiger partial charge in [-0.1, -0.05) is 31.0 Å². The van der Waals surface area contributed by atoms with E-state index >= 15 is 0 Å². The Morgan fingerprint density at radius 2 is 1.93 bits per heavy atom. The maximum absolute atomic E-state index is 12.7. The van der Waals surface area contributed by atoms with Gasteiger partial charge in [-0.2, -0.15) is 0 Å². The van der Waals surface area contributed by atoms with Gasteiger partial charge in [0.2, 0.25) is 5.91 Å². The van der Waals surface area contributed by atoms with Gasteiger partial charge in [-0.3, -0.25) is 9.79 Å². The summed E-state index contributed by atoms with van der Waals surface area (Å²) in [5.41, 5.74) is 0.577. The molecule has 2 N–H and O–H groups in total. The molecule has 1 fully saturated rings. The van der Waals surface area contributed by atoms with Crippen LogP contribution in [0.1, 0.15) is 38.4 Å². The van der Waals surface area contributed by atoms with Crippen LogP contribution in [0.2, 0.25) is 0 Å². The van der Waals surface area contributed by atoms with Crippen LogP contribution >= 0.6 is 24.0 Å². The lowest BCUT2D eigenvalue weighted by Gasteiger charge is -2.29. The summed E-state index contributed by atoms with van der Waals surface area (Å²) in [6.07, 6.45) is 4.83. The SMILES string of the molecule is CCNC(=NCC1(C(=O)N(C)C)CCCC1)NCCc1cc2ccccc2o1.I. The van der Waals surface area contributed by atoms with Crippen LogP contribution in [0.3, 0.4) is 0 Å². The summed E-state index contributed by atoms with van der Waals surface area (Å²) in [5, 5.41) is 7.79. The first-order valence-electron chi connectivity index (χ1n) is 10.3. The van der Waals surface area contributed by atoms with Crippen molar-refractivity contribution in [1.29, 1.82) is 0 Å². The molecule has 0 aliphatic heterocycles. The second-order valence-corrected chi connectivity index (χ2v) is 7.81. The molecule has 6 nitrogen and oxygen atoms in total. The van der Waals surface area contributed by atoms with Gasteiger partial charge in [0.05, 0.1) is 12.0 Å². The molecule has 0 radical (unpaired) electrons. The molecule has 1 aliphatic carbocycles. The molecule has 3 rings (SSSR count). The zero-order valence-corrected chi connectivity index (χ0v) is 20.0. The van der Waals surface area contributed by atoms with E-state index in [1.807, 2.05) is 39.2 Å². The third kappa shape index (κ3) is 5.87. The number of aliphatic imine (C=N–C) groups is 1. The van der Waals surface area contributed by atoms with Gasteiger partial charge >= 0.3 is 0 Å². The number of para-hydroxylation sites is 1. The molecule has 1 amide bonds. The van der Waals surface area contributed by atoms with Crippen molar-refractivity contribution in [2.45, 2.75) is 39.0 Å². The summed E-state index contributed by atoms with van der Waals surface area (Å²) < 4.78 is 5.87. The number of rotatable bonds is 7. The van der Waals surface area contributed by atoms with Crippen LogP contribution in [0.4, 0.5) is 0 Å². The Bertz CT molecular complexity index is 792. The van der Waals surface area contributed by atoms with Gasteiger partial charge in [-0.05, 0) is 31.9 Å². The van der Waals surface area contributed by atoms with Crippen molar-refractivity contribution < 1.29 is 9.21 Å². The van der Waals surface area contributed by atoms with Crippen molar-refractivity contribution >= 4 is 46.8 Å². The van der Waals surface area contributed by atoms with Gasteiger partial charge < -0.3 is 20.0 Å². The van der Waals surface area contributed by atoms with E-state index in [1.54, 1.807) is 4.90 Å². The molecule has 160 valence electrons. The first kappa shape index (κ1) is 23.5. The van der Waals surface area contributed by atoms with E-state index in [2.05, 4.69) is 22.8 Å². The molecule has 1 heterocycles. The predicted octanol–water partition coefficient (Wildman–Crippen LogP) is 3.80. The molecule has 1 aromatic heterocycles. The Hall–Kier alpha value is -1.77. The number of guanidine groups is 1. The van der Waals surface area contributed by atoms with Gasteiger partial charge in [0, 0.05) is 39.0 Å². The molecule has 1 saturated carbocycles. The third-order valence-electron chi connectivity index (χ3n) is 5.44. The van der Waals surface area contributed by atoms with Crippen LogP contribution in [-0.4, -0.2) is 50.5 Å². The summed E-state index contributed by atoms with van der Waals surface area (Å²) in [6, 6.07) is 10.1. The number of carbonyl (C=O) groups excluding carboxylic acids is 1. The van der Waals surface area contributed by atoms with Crippen LogP contribution in [0.25, 0.3) is 11.0 Å². The number of halogens is 1. The minimum absolute atomic E-state index is 0. The largest absolute Gasteiger partial charge is 0.461 e. The molecule has 1 aromatic carbocycles. The highest BCUT2D eigenvalue weighted by atomic mass is 127. The summed E-state index contributed by atoms with van der Waals surface area (Å²) in [6.45, 7) is 4.09. The average Bonchev–Trinajstić information content (AvgIpc) is 3.32. The number of carbonyl (C=O) groups is 1. The molecule has 0 saturated heterocycles. The van der Waals surface area contributed by atoms with Gasteiger partial charge in [0.25, 0.3) is 0 Å². The first-order chi connectivity index (χ1) is 13.5. The highest BCUT2D eigenvalue weighted by Crippen LogP contribution is 2.39. The molecule has 0 spiro atoms. The number of nitrogens with one attached hydrogen (secondary N) is 2. The van der Waals surface area contributed by atoms with E-state index in [9.17, 15) is 4.79 Å². The highest BCUT2D eigenvalue weighted by Gasteiger charge is 2.42. The maximum Gasteiger partial charge on any atom is 0.230 e. The van der Waals surface area contributed by atoms with Crippen LogP contribution < -0.4 is 10.6 Å². The van der Waals surface area contributed by atoms with Crippen LogP contribution in [-0.2, 0) is 11.2 Å². The van der Waals surface area contributed by atoms with Gasteiger partial charge in [0.1, 0.15) is 11.3 Å². The zero-order valence-electron chi connectivity index (χ0n) is 17.7. The molecule has 0 bridgehead atoms. The van der Waals surface area contributed by atoms with Crippen LogP contribution in [0, 0.1) is 5.41 Å². The number of nitrogens with zero attached hydrogens (tertiary/aromatic N) is 2. The van der Waals surface area contributed by atoms with Crippen molar-refractivity contribution in [3.63, 3.8) is 0 Å². The second kappa shape index (κ2) is 10.8. The number of hydrogen-bond donors (Lipinski definition) is 2. The fraction of sp³-hybridized carbons (Fsp3) is 0.545. The molecular weight excluding hydrogens is 479 g/mol. The van der Waals surface area contributed by atoms with Crippen LogP contribution in [0.5, 0.6) is 0 Å². The average molecular weight is 512 g/mol. The standard InChI is InChI=1S/C22H32N4O2.HI/c1-4-23-21(25-16-22(12-7-8-13-22)20(27)26(2)3)24-14-11-18-15-17-9-5-6-10-19(17)28-18;/h5-6,9-10,15H,4,7-8,11-14,16H2,1-3H3,(H2,23,24,25);1H. The van der Waals surface area contributed by atoms with E-state index in [4.69, 9.17) is 9.41 Å². The lowest BCUT2D eigenvalue weighted by atomic mass is 9.85. The molecule has 7 heteroatoms. The number of benzene rings is 1. The minimum atomic E-state index is -0.343. The zero-order chi connectivity index (χ0) is 20.0. The highest BCUT2D eigenvalue weighted by molar-refractivity contribution is 14.0. The van der Waals surface area contributed by atoms with Crippen LogP contribution in [0.15, 0.2) is 39.7 Å². The lowest BCUT2D eigenvalue weighted by molar-refractivity contribution is -0.138. The molecule has 2 aromatic rings. The van der Waals surface area contributed by atoms with Crippen molar-refractivity contribution in [2.75, 3.05) is 33.7 Å². The molecule has 29 heavy (non-hydrogen) atoms. The summed E-state index contributed by atoms with van der Waals surface area (Å²) in [7, 11) is 3.67. The van der Waals surface area contributed by atoms with E-state index in [-0.39, 0.29) is 35.3 Å². The van der Waals surface area contributed by atoms with Crippen molar-refractivity contribution in [3.8, 4) is 0 Å². The predicted molar refractivity (Wildman–Crippen MR) is 129 cm³/mol. The Labute approximate surface area is 190 Å². The molecule has 1 aliphatic rings. The number of amides is 1. The maximum atomic E-state index is 12.7. The monoisotopic (exact) mass is 512 g/mol. The molecule has 0 unspecified atom stereocenters. The Morgan fingerprint density at radius 3 is 2.59 bits per heavy atom. The van der Waals surface area contributed by atoms with Gasteiger partial charge in [0.15, 0.2) is 5.96 Å². The number of furan rings is 1. The second-order valence-electron chi connectivity index (χ2n) is 7.81. The third-order valence-corrected chi connectivity index (χ3v) is 5.44. The molecular formula is C22H33IN4O2. The van der Waals surface area contributed by atoms with Crippen molar-refractivity contribution in [1.82, 2.24) is 15.5 Å². The first-order valence-corrected chi connectivity index (χ1v) is 10.3. The van der Waals surface area contributed by atoms with Crippen molar-refractivity contribution in [3.05, 3.63) is 36.1 Å². The Morgan fingerprint density at radius 1 is 1.21 bits per heavy atom. The lowest BCUT2D eigenvalue weighted by Crippen LogP contribution is -2.43. The summed E-state index contributed by atoms with van der Waals surface area (Å²) in [5.74, 6) is 1.92. The van der Waals surface area contributed by atoms with E-state index in [1.165, 1.54) is 0 Å². The number of hydrogen-bond acceptors (Lipinski definition) is 3. The Balaban J connectivity index is 0.00000300. The van der Waals surface area contributed by atoms with Crippen molar-refractivity contribution in [2.24, 2.45) is 10.4 Å². The Kier molecular flexibility index (Phi) is 8.79. The normalized spacial score (nSPS) is 15.8.